The first kappa shape index (κ1) is 12.6. The predicted octanol–water partition coefficient (Wildman–Crippen LogP) is 3.95. The highest BCUT2D eigenvalue weighted by atomic mass is 79.9. The van der Waals surface area contributed by atoms with Crippen molar-refractivity contribution in [2.75, 3.05) is 0 Å². The van der Waals surface area contributed by atoms with Crippen molar-refractivity contribution in [2.24, 2.45) is 5.92 Å². The van der Waals surface area contributed by atoms with Crippen molar-refractivity contribution in [3.8, 4) is 0 Å². The molecule has 2 heteroatoms. The zero-order valence-electron chi connectivity index (χ0n) is 8.55. The van der Waals surface area contributed by atoms with Crippen molar-refractivity contribution < 1.29 is 0 Å². The fourth-order valence-electron chi connectivity index (χ4n) is 0.749. The van der Waals surface area contributed by atoms with Gasteiger partial charge in [-0.15, -0.1) is 0 Å². The summed E-state index contributed by atoms with van der Waals surface area (Å²) in [5, 5.41) is 6.96. The minimum Gasteiger partial charge on any atom is -0.308 e. The van der Waals surface area contributed by atoms with E-state index in [1.54, 1.807) is 0 Å². The molecule has 0 aliphatic rings. The molecule has 0 saturated carbocycles. The molecule has 1 nitrogen and oxygen atoms in total. The molecule has 0 fully saturated rings. The maximum Gasteiger partial charge on any atom is 0.0207 e. The Bertz CT molecular complexity index is 204. The average molecular weight is 244 g/mol. The van der Waals surface area contributed by atoms with Gasteiger partial charge in [0.25, 0.3) is 0 Å². The number of hydrogen-bond acceptors (Lipinski definition) is 1. The predicted molar refractivity (Wildman–Crippen MR) is 63.9 cm³/mol. The third-order valence-electron chi connectivity index (χ3n) is 2.01. The van der Waals surface area contributed by atoms with Crippen molar-refractivity contribution >= 4 is 22.1 Å². The summed E-state index contributed by atoms with van der Waals surface area (Å²) in [6, 6.07) is 0. The van der Waals surface area contributed by atoms with Crippen molar-refractivity contribution in [3.05, 3.63) is 23.8 Å². The molecule has 0 rings (SSSR count). The van der Waals surface area contributed by atoms with Gasteiger partial charge in [-0.3, -0.25) is 0 Å². The first-order chi connectivity index (χ1) is 6.07. The Morgan fingerprint density at radius 2 is 2.08 bits per heavy atom. The van der Waals surface area contributed by atoms with Gasteiger partial charge < -0.3 is 5.41 Å². The molecule has 0 aromatic carbocycles. The van der Waals surface area contributed by atoms with Crippen LogP contribution in [0.3, 0.4) is 0 Å². The first-order valence-electron chi connectivity index (χ1n) is 4.56. The lowest BCUT2D eigenvalue weighted by Gasteiger charge is -2.09. The lowest BCUT2D eigenvalue weighted by Crippen LogP contribution is -2.04. The fourth-order valence-corrected chi connectivity index (χ4v) is 0.964. The molecule has 0 heterocycles. The number of alkyl halides is 1. The number of nitrogens with one attached hydrogen (secondary N) is 1. The van der Waals surface area contributed by atoms with Gasteiger partial charge in [0.15, 0.2) is 0 Å². The molecule has 0 aliphatic heterocycles. The second-order valence-electron chi connectivity index (χ2n) is 3.37. The zero-order chi connectivity index (χ0) is 10.3. The van der Waals surface area contributed by atoms with Gasteiger partial charge in [0, 0.05) is 11.0 Å². The smallest absolute Gasteiger partial charge is 0.0207 e. The number of allylic oxidation sites excluding steroid dienone is 4. The Morgan fingerprint density at radius 1 is 1.46 bits per heavy atom. The van der Waals surface area contributed by atoms with Gasteiger partial charge in [-0.05, 0) is 24.8 Å². The van der Waals surface area contributed by atoms with Crippen LogP contribution < -0.4 is 0 Å². The minimum absolute atomic E-state index is 0.560. The van der Waals surface area contributed by atoms with Crippen LogP contribution in [0, 0.1) is 11.3 Å². The Morgan fingerprint density at radius 3 is 2.54 bits per heavy atom. The van der Waals surface area contributed by atoms with E-state index in [2.05, 4.69) is 35.9 Å². The van der Waals surface area contributed by atoms with Crippen LogP contribution in [0.25, 0.3) is 0 Å². The van der Waals surface area contributed by atoms with Gasteiger partial charge in [-0.1, -0.05) is 48.0 Å². The highest BCUT2D eigenvalue weighted by Gasteiger charge is 2.04. The summed E-state index contributed by atoms with van der Waals surface area (Å²) in [5.41, 5.74) is 0.982. The van der Waals surface area contributed by atoms with E-state index < -0.39 is 0 Å². The second kappa shape index (κ2) is 7.07. The second-order valence-corrected chi connectivity index (χ2v) is 4.82. The van der Waals surface area contributed by atoms with Crippen LogP contribution in [0.15, 0.2) is 23.8 Å². The maximum atomic E-state index is 6.96. The molecule has 2 atom stereocenters. The monoisotopic (exact) mass is 243 g/mol. The topological polar surface area (TPSA) is 23.9 Å². The summed E-state index contributed by atoms with van der Waals surface area (Å²) in [7, 11) is 0. The van der Waals surface area contributed by atoms with Crippen LogP contribution in [-0.2, 0) is 0 Å². The highest BCUT2D eigenvalue weighted by molar-refractivity contribution is 9.09. The minimum atomic E-state index is 0.560. The van der Waals surface area contributed by atoms with Crippen LogP contribution in [0.5, 0.6) is 0 Å². The van der Waals surface area contributed by atoms with E-state index in [4.69, 9.17) is 5.41 Å². The molecule has 0 amide bonds. The SMILES string of the molecule is C/C(C=N)=C\C=C/C[C@H](C)C(C)Br. The Labute approximate surface area is 89.6 Å². The van der Waals surface area contributed by atoms with Crippen molar-refractivity contribution in [1.29, 1.82) is 5.41 Å². The van der Waals surface area contributed by atoms with Crippen LogP contribution in [0.1, 0.15) is 27.2 Å². The van der Waals surface area contributed by atoms with E-state index >= 15 is 0 Å². The summed E-state index contributed by atoms with van der Waals surface area (Å²) in [6.45, 7) is 6.31. The Balaban J connectivity index is 3.82. The molecular weight excluding hydrogens is 226 g/mol. The van der Waals surface area contributed by atoms with Gasteiger partial charge in [-0.2, -0.15) is 0 Å². The molecule has 0 spiro atoms. The normalized spacial score (nSPS) is 17.4. The summed E-state index contributed by atoms with van der Waals surface area (Å²) < 4.78 is 0. The van der Waals surface area contributed by atoms with E-state index in [-0.39, 0.29) is 0 Å². The largest absolute Gasteiger partial charge is 0.308 e. The first-order valence-corrected chi connectivity index (χ1v) is 5.47. The van der Waals surface area contributed by atoms with Crippen LogP contribution >= 0.6 is 15.9 Å². The van der Waals surface area contributed by atoms with Crippen molar-refractivity contribution in [3.63, 3.8) is 0 Å². The molecule has 0 aliphatic carbocycles. The molecule has 1 N–H and O–H groups in total. The summed E-state index contributed by atoms with van der Waals surface area (Å²) in [6.07, 6.45) is 8.56. The van der Waals surface area contributed by atoms with Crippen molar-refractivity contribution in [2.45, 2.75) is 32.0 Å². The maximum absolute atomic E-state index is 6.96. The quantitative estimate of drug-likeness (QED) is 0.430. The molecule has 0 radical (unpaired) electrons. The molecule has 74 valence electrons. The van der Waals surface area contributed by atoms with Crippen molar-refractivity contribution in [1.82, 2.24) is 0 Å². The Kier molecular flexibility index (Phi) is 6.87. The zero-order valence-corrected chi connectivity index (χ0v) is 10.1. The lowest BCUT2D eigenvalue weighted by molar-refractivity contribution is 0.594. The van der Waals surface area contributed by atoms with E-state index in [9.17, 15) is 0 Å². The van der Waals surface area contributed by atoms with Gasteiger partial charge in [0.2, 0.25) is 0 Å². The average Bonchev–Trinajstić information content (AvgIpc) is 2.11. The van der Waals surface area contributed by atoms with E-state index in [1.807, 2.05) is 19.1 Å². The summed E-state index contributed by atoms with van der Waals surface area (Å²) in [5.74, 6) is 0.657. The van der Waals surface area contributed by atoms with E-state index in [1.165, 1.54) is 6.21 Å². The Hall–Kier alpha value is -0.370. The molecule has 1 unspecified atom stereocenters. The number of halogens is 1. The van der Waals surface area contributed by atoms with Crippen LogP contribution in [0.2, 0.25) is 0 Å². The number of rotatable bonds is 5. The standard InChI is InChI=1S/C11H18BrN/c1-9(8-13)6-4-5-7-10(2)11(3)12/h4-6,8,10-11,13H,7H2,1-3H3/b5-4-,9-6+,13-8?/t10-,11?/m0/s1. The van der Waals surface area contributed by atoms with Gasteiger partial charge in [-0.25, -0.2) is 0 Å². The van der Waals surface area contributed by atoms with Gasteiger partial charge in [0.05, 0.1) is 0 Å². The third kappa shape index (κ3) is 6.76. The van der Waals surface area contributed by atoms with Gasteiger partial charge in [0.1, 0.15) is 0 Å². The highest BCUT2D eigenvalue weighted by Crippen LogP contribution is 2.15. The molecular formula is C11H18BrN. The third-order valence-corrected chi connectivity index (χ3v) is 2.92. The lowest BCUT2D eigenvalue weighted by atomic mass is 10.1. The van der Waals surface area contributed by atoms with E-state index in [0.717, 1.165) is 12.0 Å². The molecule has 0 aromatic rings. The number of hydrogen-bond donors (Lipinski definition) is 1. The van der Waals surface area contributed by atoms with Crippen LogP contribution in [0.4, 0.5) is 0 Å². The van der Waals surface area contributed by atoms with Crippen LogP contribution in [-0.4, -0.2) is 11.0 Å². The summed E-state index contributed by atoms with van der Waals surface area (Å²) in [4.78, 5) is 0.560. The van der Waals surface area contributed by atoms with Gasteiger partial charge >= 0.3 is 0 Å². The molecule has 13 heavy (non-hydrogen) atoms. The van der Waals surface area contributed by atoms with E-state index in [0.29, 0.717) is 10.7 Å². The molecule has 0 saturated heterocycles. The summed E-state index contributed by atoms with van der Waals surface area (Å²) >= 11 is 3.55. The fraction of sp³-hybridized carbons (Fsp3) is 0.545. The molecule has 0 bridgehead atoms. The molecule has 0 aromatic heterocycles.